The average molecular weight is 284 g/mol. The Balaban J connectivity index is 2.57. The number of aromatic nitrogens is 2. The summed E-state index contributed by atoms with van der Waals surface area (Å²) in [6, 6.07) is 7.86. The molecule has 7 heteroatoms. The van der Waals surface area contributed by atoms with Crippen molar-refractivity contribution in [3.63, 3.8) is 0 Å². The van der Waals surface area contributed by atoms with Gasteiger partial charge in [0.25, 0.3) is 6.43 Å². The van der Waals surface area contributed by atoms with Crippen molar-refractivity contribution < 1.29 is 22.7 Å². The Morgan fingerprint density at radius 3 is 2.55 bits per heavy atom. The summed E-state index contributed by atoms with van der Waals surface area (Å²) in [6.07, 6.45) is -3.08. The highest BCUT2D eigenvalue weighted by atomic mass is 19.3. The van der Waals surface area contributed by atoms with Gasteiger partial charge in [-0.05, 0) is 19.1 Å². The van der Waals surface area contributed by atoms with E-state index < -0.39 is 29.6 Å². The first-order chi connectivity index (χ1) is 9.56. The molecule has 1 aromatic carbocycles. The molecule has 0 unspecified atom stereocenters. The van der Waals surface area contributed by atoms with E-state index in [9.17, 15) is 18.0 Å². The average Bonchev–Trinajstić information content (AvgIpc) is 2.78. The quantitative estimate of drug-likeness (QED) is 0.810. The van der Waals surface area contributed by atoms with Gasteiger partial charge in [0.05, 0.1) is 12.3 Å². The minimum Gasteiger partial charge on any atom is -0.462 e. The molecule has 0 amide bonds. The summed E-state index contributed by atoms with van der Waals surface area (Å²) in [5.74, 6) is -2.31. The van der Waals surface area contributed by atoms with Crippen molar-refractivity contribution in [1.82, 2.24) is 9.78 Å². The zero-order chi connectivity index (χ0) is 14.7. The third-order valence-electron chi connectivity index (χ3n) is 2.54. The fraction of sp³-hybridized carbons (Fsp3) is 0.231. The van der Waals surface area contributed by atoms with E-state index in [1.807, 2.05) is 0 Å². The fourth-order valence-corrected chi connectivity index (χ4v) is 1.70. The molecule has 0 spiro atoms. The number of halogens is 3. The van der Waals surface area contributed by atoms with E-state index in [0.29, 0.717) is 4.68 Å². The van der Waals surface area contributed by atoms with Crippen LogP contribution in [0.4, 0.5) is 13.2 Å². The maximum atomic E-state index is 14.2. The third kappa shape index (κ3) is 2.52. The van der Waals surface area contributed by atoms with Crippen molar-refractivity contribution in [2.75, 3.05) is 6.61 Å². The maximum Gasteiger partial charge on any atom is 0.344 e. The summed E-state index contributed by atoms with van der Waals surface area (Å²) in [5, 5.41) is 3.47. The first-order valence-electron chi connectivity index (χ1n) is 5.85. The number of carbonyl (C=O) groups excluding carboxylic acids is 1. The van der Waals surface area contributed by atoms with Crippen LogP contribution in [0.15, 0.2) is 30.3 Å². The highest BCUT2D eigenvalue weighted by Crippen LogP contribution is 2.26. The number of para-hydroxylation sites is 1. The van der Waals surface area contributed by atoms with E-state index in [1.165, 1.54) is 19.1 Å². The second-order valence-corrected chi connectivity index (χ2v) is 3.82. The highest BCUT2D eigenvalue weighted by molar-refractivity contribution is 5.91. The van der Waals surface area contributed by atoms with Gasteiger partial charge in [-0.25, -0.2) is 18.3 Å². The molecule has 1 aromatic heterocycles. The molecule has 0 fully saturated rings. The molecule has 0 atom stereocenters. The molecular formula is C13H11F3N2O2. The Hall–Kier alpha value is -2.31. The van der Waals surface area contributed by atoms with E-state index in [1.54, 1.807) is 18.2 Å². The Morgan fingerprint density at radius 2 is 2.00 bits per heavy atom. The van der Waals surface area contributed by atoms with Crippen LogP contribution in [0.3, 0.4) is 0 Å². The molecule has 0 aliphatic carbocycles. The minimum absolute atomic E-state index is 0.0442. The van der Waals surface area contributed by atoms with Crippen molar-refractivity contribution in [1.29, 1.82) is 0 Å². The molecule has 0 radical (unpaired) electrons. The highest BCUT2D eigenvalue weighted by Gasteiger charge is 2.30. The number of alkyl halides is 2. The largest absolute Gasteiger partial charge is 0.462 e. The number of hydrogen-bond acceptors (Lipinski definition) is 3. The Kier molecular flexibility index (Phi) is 4.07. The maximum absolute atomic E-state index is 14.2. The first-order valence-corrected chi connectivity index (χ1v) is 5.85. The van der Waals surface area contributed by atoms with E-state index in [4.69, 9.17) is 0 Å². The van der Waals surface area contributed by atoms with Crippen LogP contribution in [0.1, 0.15) is 29.4 Å². The van der Waals surface area contributed by atoms with Gasteiger partial charge in [-0.3, -0.25) is 0 Å². The zero-order valence-corrected chi connectivity index (χ0v) is 10.5. The van der Waals surface area contributed by atoms with Gasteiger partial charge in [-0.1, -0.05) is 18.2 Å². The summed E-state index contributed by atoms with van der Waals surface area (Å²) in [7, 11) is 0. The van der Waals surface area contributed by atoms with Crippen LogP contribution in [0.25, 0.3) is 5.69 Å². The van der Waals surface area contributed by atoms with Crippen molar-refractivity contribution in [2.45, 2.75) is 13.3 Å². The second-order valence-electron chi connectivity index (χ2n) is 3.82. The van der Waals surface area contributed by atoms with Crippen LogP contribution in [-0.2, 0) is 4.74 Å². The molecule has 0 aliphatic heterocycles. The van der Waals surface area contributed by atoms with Crippen LogP contribution < -0.4 is 0 Å². The molecule has 0 N–H and O–H groups in total. The van der Waals surface area contributed by atoms with Crippen LogP contribution in [0, 0.1) is 5.95 Å². The van der Waals surface area contributed by atoms with Gasteiger partial charge in [0.2, 0.25) is 5.95 Å². The minimum atomic E-state index is -3.08. The number of rotatable bonds is 4. The van der Waals surface area contributed by atoms with Crippen molar-refractivity contribution in [3.05, 3.63) is 47.5 Å². The van der Waals surface area contributed by atoms with Gasteiger partial charge in [-0.2, -0.15) is 9.49 Å². The van der Waals surface area contributed by atoms with Crippen molar-refractivity contribution in [3.8, 4) is 5.69 Å². The van der Waals surface area contributed by atoms with Crippen molar-refractivity contribution >= 4 is 5.97 Å². The molecule has 20 heavy (non-hydrogen) atoms. The molecule has 2 rings (SSSR count). The fourth-order valence-electron chi connectivity index (χ4n) is 1.70. The number of hydrogen-bond donors (Lipinski definition) is 0. The molecule has 0 aliphatic rings. The number of nitrogens with zero attached hydrogens (tertiary/aromatic N) is 2. The monoisotopic (exact) mass is 284 g/mol. The van der Waals surface area contributed by atoms with Gasteiger partial charge in [0.15, 0.2) is 0 Å². The smallest absolute Gasteiger partial charge is 0.344 e. The Labute approximate surface area is 112 Å². The molecule has 0 bridgehead atoms. The molecule has 0 saturated heterocycles. The predicted molar refractivity (Wildman–Crippen MR) is 64.4 cm³/mol. The molecule has 2 aromatic rings. The Morgan fingerprint density at radius 1 is 1.35 bits per heavy atom. The lowest BCUT2D eigenvalue weighted by atomic mass is 10.2. The van der Waals surface area contributed by atoms with E-state index >= 15 is 0 Å². The summed E-state index contributed by atoms with van der Waals surface area (Å²) in [6.45, 7) is 1.46. The normalized spacial score (nSPS) is 10.8. The lowest BCUT2D eigenvalue weighted by Gasteiger charge is -2.02. The van der Waals surface area contributed by atoms with Crippen molar-refractivity contribution in [2.24, 2.45) is 0 Å². The number of esters is 1. The van der Waals surface area contributed by atoms with Crippen LogP contribution in [0.2, 0.25) is 0 Å². The van der Waals surface area contributed by atoms with Gasteiger partial charge in [-0.15, -0.1) is 0 Å². The van der Waals surface area contributed by atoms with Gasteiger partial charge in [0.1, 0.15) is 11.3 Å². The van der Waals surface area contributed by atoms with E-state index in [2.05, 4.69) is 9.84 Å². The van der Waals surface area contributed by atoms with Gasteiger partial charge >= 0.3 is 5.97 Å². The zero-order valence-electron chi connectivity index (χ0n) is 10.5. The number of benzene rings is 1. The first kappa shape index (κ1) is 14.1. The molecular weight excluding hydrogens is 273 g/mol. The van der Waals surface area contributed by atoms with Gasteiger partial charge < -0.3 is 4.74 Å². The molecule has 4 nitrogen and oxygen atoms in total. The second kappa shape index (κ2) is 5.77. The lowest BCUT2D eigenvalue weighted by Crippen LogP contribution is -2.09. The SMILES string of the molecule is CCOC(=O)c1c(C(F)F)nn(-c2ccccc2)c1F. The van der Waals surface area contributed by atoms with E-state index in [0.717, 1.165) is 0 Å². The number of carbonyl (C=O) groups is 1. The van der Waals surface area contributed by atoms with Crippen LogP contribution in [-0.4, -0.2) is 22.4 Å². The summed E-state index contributed by atoms with van der Waals surface area (Å²) < 4.78 is 45.2. The Bertz CT molecular complexity index is 612. The predicted octanol–water partition coefficient (Wildman–Crippen LogP) is 3.13. The summed E-state index contributed by atoms with van der Waals surface area (Å²) in [4.78, 5) is 11.6. The van der Waals surface area contributed by atoms with Gasteiger partial charge in [0, 0.05) is 0 Å². The number of ether oxygens (including phenoxy) is 1. The topological polar surface area (TPSA) is 44.1 Å². The summed E-state index contributed by atoms with van der Waals surface area (Å²) >= 11 is 0. The summed E-state index contributed by atoms with van der Waals surface area (Å²) in [5.41, 5.74) is -1.52. The third-order valence-corrected chi connectivity index (χ3v) is 2.54. The van der Waals surface area contributed by atoms with E-state index in [-0.39, 0.29) is 12.3 Å². The van der Waals surface area contributed by atoms with Crippen LogP contribution >= 0.6 is 0 Å². The lowest BCUT2D eigenvalue weighted by molar-refractivity contribution is 0.0509. The molecule has 0 saturated carbocycles. The standard InChI is InChI=1S/C13H11F3N2O2/c1-2-20-13(19)9-10(11(14)15)17-18(12(9)16)8-6-4-3-5-7-8/h3-7,11H,2H2,1H3. The molecule has 106 valence electrons. The molecule has 1 heterocycles. The van der Waals surface area contributed by atoms with Crippen LogP contribution in [0.5, 0.6) is 0 Å².